The van der Waals surface area contributed by atoms with E-state index in [-0.39, 0.29) is 17.4 Å². The molecule has 0 radical (unpaired) electrons. The van der Waals surface area contributed by atoms with Crippen LogP contribution in [0.2, 0.25) is 0 Å². The lowest BCUT2D eigenvalue weighted by Crippen LogP contribution is -2.43. The van der Waals surface area contributed by atoms with Crippen LogP contribution in [0.3, 0.4) is 0 Å². The number of nitrogens with zero attached hydrogens (tertiary/aromatic N) is 1. The number of carbonyl (C=O) groups is 1. The highest BCUT2D eigenvalue weighted by Crippen LogP contribution is 2.29. The van der Waals surface area contributed by atoms with Gasteiger partial charge in [-0.05, 0) is 30.6 Å². The van der Waals surface area contributed by atoms with Crippen molar-refractivity contribution in [2.75, 3.05) is 6.54 Å². The summed E-state index contributed by atoms with van der Waals surface area (Å²) in [6.07, 6.45) is 3.92. The molecule has 106 valence electrons. The molecule has 2 N–H and O–H groups in total. The van der Waals surface area contributed by atoms with E-state index in [9.17, 15) is 4.79 Å². The minimum absolute atomic E-state index is 0.00291. The summed E-state index contributed by atoms with van der Waals surface area (Å²) in [5.74, 6) is 0.899. The average Bonchev–Trinajstić information content (AvgIpc) is 3.00. The number of rotatable bonds is 6. The van der Waals surface area contributed by atoms with Crippen molar-refractivity contribution in [2.45, 2.75) is 72.4 Å². The van der Waals surface area contributed by atoms with E-state index in [1.165, 1.54) is 12.8 Å². The van der Waals surface area contributed by atoms with Crippen molar-refractivity contribution in [3.8, 4) is 0 Å². The Hall–Kier alpha value is -0.570. The summed E-state index contributed by atoms with van der Waals surface area (Å²) in [4.78, 5) is 14.4. The molecule has 1 saturated carbocycles. The van der Waals surface area contributed by atoms with E-state index in [0.717, 1.165) is 13.0 Å². The van der Waals surface area contributed by atoms with Crippen molar-refractivity contribution in [3.63, 3.8) is 0 Å². The fraction of sp³-hybridized carbons (Fsp3) is 0.933. The Labute approximate surface area is 112 Å². The molecule has 0 spiro atoms. The lowest BCUT2D eigenvalue weighted by molar-refractivity contribution is -0.132. The summed E-state index contributed by atoms with van der Waals surface area (Å²) in [6.45, 7) is 11.6. The van der Waals surface area contributed by atoms with Crippen LogP contribution in [0.5, 0.6) is 0 Å². The van der Waals surface area contributed by atoms with Gasteiger partial charge in [-0.2, -0.15) is 0 Å². The maximum Gasteiger partial charge on any atom is 0.224 e. The Bertz CT molecular complexity index is 277. The molecule has 1 amide bonds. The van der Waals surface area contributed by atoms with Crippen molar-refractivity contribution in [1.29, 1.82) is 0 Å². The van der Waals surface area contributed by atoms with Crippen molar-refractivity contribution < 1.29 is 4.79 Å². The smallest absolute Gasteiger partial charge is 0.224 e. The Morgan fingerprint density at radius 3 is 2.28 bits per heavy atom. The first kappa shape index (κ1) is 15.5. The molecule has 18 heavy (non-hydrogen) atoms. The average molecular weight is 254 g/mol. The maximum atomic E-state index is 12.3. The summed E-state index contributed by atoms with van der Waals surface area (Å²) in [5.41, 5.74) is 6.12. The van der Waals surface area contributed by atoms with E-state index in [0.29, 0.717) is 18.4 Å². The van der Waals surface area contributed by atoms with E-state index in [1.54, 1.807) is 0 Å². The monoisotopic (exact) mass is 254 g/mol. The van der Waals surface area contributed by atoms with E-state index in [2.05, 4.69) is 39.5 Å². The number of amides is 1. The molecule has 0 bridgehead atoms. The summed E-state index contributed by atoms with van der Waals surface area (Å²) >= 11 is 0. The van der Waals surface area contributed by atoms with Gasteiger partial charge in [0.05, 0.1) is 0 Å². The number of hydrogen-bond donors (Lipinski definition) is 1. The van der Waals surface area contributed by atoms with Gasteiger partial charge >= 0.3 is 0 Å². The molecule has 1 aliphatic rings. The van der Waals surface area contributed by atoms with E-state index in [4.69, 9.17) is 5.73 Å². The Kier molecular flexibility index (Phi) is 5.20. The largest absolute Gasteiger partial charge is 0.340 e. The Balaban J connectivity index is 2.50. The van der Waals surface area contributed by atoms with E-state index in [1.807, 2.05) is 0 Å². The van der Waals surface area contributed by atoms with Gasteiger partial charge in [0.25, 0.3) is 0 Å². The molecule has 0 aliphatic heterocycles. The van der Waals surface area contributed by atoms with Crippen LogP contribution in [0, 0.1) is 11.3 Å². The Morgan fingerprint density at radius 2 is 1.89 bits per heavy atom. The molecule has 0 aromatic rings. The lowest BCUT2D eigenvalue weighted by Gasteiger charge is -2.30. The van der Waals surface area contributed by atoms with Gasteiger partial charge in [0, 0.05) is 25.0 Å². The molecular weight excluding hydrogens is 224 g/mol. The number of hydrogen-bond acceptors (Lipinski definition) is 2. The van der Waals surface area contributed by atoms with Gasteiger partial charge in [0.2, 0.25) is 5.91 Å². The van der Waals surface area contributed by atoms with Gasteiger partial charge in [-0.25, -0.2) is 0 Å². The van der Waals surface area contributed by atoms with Crippen LogP contribution in [0.4, 0.5) is 0 Å². The Morgan fingerprint density at radius 1 is 1.33 bits per heavy atom. The first-order valence-electron chi connectivity index (χ1n) is 7.27. The molecule has 3 nitrogen and oxygen atoms in total. The third-order valence-electron chi connectivity index (χ3n) is 3.76. The molecule has 1 unspecified atom stereocenters. The normalized spacial score (nSPS) is 17.9. The first-order valence-corrected chi connectivity index (χ1v) is 7.27. The number of nitrogens with two attached hydrogens (primary N) is 1. The molecule has 3 heteroatoms. The number of carbonyl (C=O) groups excluding carboxylic acids is 1. The van der Waals surface area contributed by atoms with Gasteiger partial charge < -0.3 is 10.6 Å². The summed E-state index contributed by atoms with van der Waals surface area (Å²) in [6, 6.07) is 0.453. The van der Waals surface area contributed by atoms with Crippen molar-refractivity contribution in [2.24, 2.45) is 17.1 Å². The highest BCUT2D eigenvalue weighted by Gasteiger charge is 2.34. The van der Waals surface area contributed by atoms with Crippen molar-refractivity contribution in [3.05, 3.63) is 0 Å². The molecule has 1 aliphatic carbocycles. The van der Waals surface area contributed by atoms with Crippen LogP contribution in [0.25, 0.3) is 0 Å². The topological polar surface area (TPSA) is 46.3 Å². The predicted octanol–water partition coefficient (Wildman–Crippen LogP) is 2.79. The van der Waals surface area contributed by atoms with Crippen LogP contribution in [-0.4, -0.2) is 29.4 Å². The molecule has 1 atom stereocenters. The van der Waals surface area contributed by atoms with Gasteiger partial charge in [-0.1, -0.05) is 34.6 Å². The van der Waals surface area contributed by atoms with E-state index < -0.39 is 0 Å². The zero-order chi connectivity index (χ0) is 13.9. The van der Waals surface area contributed by atoms with Crippen LogP contribution >= 0.6 is 0 Å². The highest BCUT2D eigenvalue weighted by molar-refractivity contribution is 5.77. The molecule has 1 fully saturated rings. The maximum absolute atomic E-state index is 12.3. The third-order valence-corrected chi connectivity index (χ3v) is 3.76. The second-order valence-corrected chi connectivity index (χ2v) is 7.18. The molecule has 0 aromatic carbocycles. The fourth-order valence-corrected chi connectivity index (χ4v) is 1.91. The quantitative estimate of drug-likeness (QED) is 0.792. The second-order valence-electron chi connectivity index (χ2n) is 7.18. The van der Waals surface area contributed by atoms with Gasteiger partial charge in [0.1, 0.15) is 0 Å². The fourth-order valence-electron chi connectivity index (χ4n) is 1.91. The minimum Gasteiger partial charge on any atom is -0.340 e. The summed E-state index contributed by atoms with van der Waals surface area (Å²) in [7, 11) is 0. The summed E-state index contributed by atoms with van der Waals surface area (Å²) in [5, 5.41) is 0. The van der Waals surface area contributed by atoms with Crippen LogP contribution in [0.1, 0.15) is 60.3 Å². The van der Waals surface area contributed by atoms with Crippen LogP contribution < -0.4 is 5.73 Å². The molecular formula is C15H30N2O. The zero-order valence-corrected chi connectivity index (χ0v) is 12.7. The SMILES string of the molecule is CC(C)CCN(C(=O)CC(N)C(C)(C)C)C1CC1. The molecule has 0 aromatic heterocycles. The minimum atomic E-state index is -0.0506. The summed E-state index contributed by atoms with van der Waals surface area (Å²) < 4.78 is 0. The van der Waals surface area contributed by atoms with Crippen LogP contribution in [0.15, 0.2) is 0 Å². The lowest BCUT2D eigenvalue weighted by atomic mass is 9.85. The van der Waals surface area contributed by atoms with E-state index >= 15 is 0 Å². The van der Waals surface area contributed by atoms with Gasteiger partial charge in [0.15, 0.2) is 0 Å². The van der Waals surface area contributed by atoms with Gasteiger partial charge in [-0.3, -0.25) is 4.79 Å². The highest BCUT2D eigenvalue weighted by atomic mass is 16.2. The standard InChI is InChI=1S/C15H30N2O/c1-11(2)8-9-17(12-6-7-12)14(18)10-13(16)15(3,4)5/h11-13H,6-10,16H2,1-5H3. The molecule has 0 saturated heterocycles. The van der Waals surface area contributed by atoms with Crippen molar-refractivity contribution >= 4 is 5.91 Å². The third kappa shape index (κ3) is 4.97. The second kappa shape index (κ2) is 6.05. The first-order chi connectivity index (χ1) is 8.21. The zero-order valence-electron chi connectivity index (χ0n) is 12.7. The molecule has 1 rings (SSSR count). The molecule has 0 heterocycles. The van der Waals surface area contributed by atoms with Gasteiger partial charge in [-0.15, -0.1) is 0 Å². The van der Waals surface area contributed by atoms with Crippen molar-refractivity contribution in [1.82, 2.24) is 4.90 Å². The predicted molar refractivity (Wildman–Crippen MR) is 76.2 cm³/mol. The van der Waals surface area contributed by atoms with Crippen LogP contribution in [-0.2, 0) is 4.79 Å².